The second-order valence-electron chi connectivity index (χ2n) is 2.87. The van der Waals surface area contributed by atoms with Crippen LogP contribution in [0.5, 0.6) is 0 Å². The van der Waals surface area contributed by atoms with Crippen LogP contribution in [0, 0.1) is 5.41 Å². The van der Waals surface area contributed by atoms with Gasteiger partial charge in [0.1, 0.15) is 5.88 Å². The Morgan fingerprint density at radius 3 is 2.67 bits per heavy atom. The van der Waals surface area contributed by atoms with Crippen molar-refractivity contribution in [3.05, 3.63) is 0 Å². The third-order valence-electron chi connectivity index (χ3n) is 1.84. The first-order valence-electron chi connectivity index (χ1n) is 4.19. The van der Waals surface area contributed by atoms with Gasteiger partial charge in [-0.1, -0.05) is 11.6 Å². The summed E-state index contributed by atoms with van der Waals surface area (Å²) in [7, 11) is 0. The van der Waals surface area contributed by atoms with E-state index in [-0.39, 0.29) is 11.8 Å². The lowest BCUT2D eigenvalue weighted by atomic mass is 9.99. The summed E-state index contributed by atoms with van der Waals surface area (Å²) < 4.78 is 0. The highest BCUT2D eigenvalue weighted by molar-refractivity contribution is 6.26. The molecular weight excluding hydrogens is 176 g/mol. The Balaban J connectivity index is 2.29. The number of hydrogen-bond acceptors (Lipinski definition) is 3. The van der Waals surface area contributed by atoms with Gasteiger partial charge in [0.2, 0.25) is 5.90 Å². The standard InChI is InChI=1S/C8H13ClN2O/c9-6-8(10)12-11-7-4-2-1-3-5-7/h10H,1-6H2. The lowest BCUT2D eigenvalue weighted by Crippen LogP contribution is -2.08. The SMILES string of the molecule is N=C(CCl)ON=C1CCCCC1. The second-order valence-corrected chi connectivity index (χ2v) is 3.13. The molecule has 0 unspecified atom stereocenters. The van der Waals surface area contributed by atoms with Crippen LogP contribution in [0.15, 0.2) is 5.16 Å². The van der Waals surface area contributed by atoms with Crippen LogP contribution in [-0.2, 0) is 4.84 Å². The first-order chi connectivity index (χ1) is 5.83. The van der Waals surface area contributed by atoms with Crippen molar-refractivity contribution in [3.8, 4) is 0 Å². The molecule has 1 saturated carbocycles. The van der Waals surface area contributed by atoms with Gasteiger partial charge in [-0.15, -0.1) is 11.6 Å². The maximum Gasteiger partial charge on any atom is 0.232 e. The summed E-state index contributed by atoms with van der Waals surface area (Å²) in [5.41, 5.74) is 1.07. The molecular formula is C8H13ClN2O. The Morgan fingerprint density at radius 1 is 1.42 bits per heavy atom. The van der Waals surface area contributed by atoms with Crippen molar-refractivity contribution in [3.63, 3.8) is 0 Å². The summed E-state index contributed by atoms with van der Waals surface area (Å²) in [6.07, 6.45) is 5.68. The summed E-state index contributed by atoms with van der Waals surface area (Å²) in [6, 6.07) is 0. The maximum absolute atomic E-state index is 7.09. The van der Waals surface area contributed by atoms with Crippen LogP contribution in [0.4, 0.5) is 0 Å². The number of nitrogens with one attached hydrogen (secondary N) is 1. The van der Waals surface area contributed by atoms with Crippen molar-refractivity contribution < 1.29 is 4.84 Å². The molecule has 3 nitrogen and oxygen atoms in total. The van der Waals surface area contributed by atoms with E-state index in [2.05, 4.69) is 5.16 Å². The molecule has 0 bridgehead atoms. The Morgan fingerprint density at radius 2 is 2.08 bits per heavy atom. The fourth-order valence-electron chi connectivity index (χ4n) is 1.20. The molecule has 1 fully saturated rings. The van der Waals surface area contributed by atoms with E-state index in [4.69, 9.17) is 21.8 Å². The molecule has 0 aliphatic heterocycles. The minimum absolute atomic E-state index is 0.0229. The molecule has 68 valence electrons. The average molecular weight is 189 g/mol. The summed E-state index contributed by atoms with van der Waals surface area (Å²) in [4.78, 5) is 4.77. The molecule has 0 aromatic heterocycles. The van der Waals surface area contributed by atoms with E-state index in [9.17, 15) is 0 Å². The van der Waals surface area contributed by atoms with E-state index in [1.54, 1.807) is 0 Å². The highest BCUT2D eigenvalue weighted by Crippen LogP contribution is 2.14. The van der Waals surface area contributed by atoms with Crippen molar-refractivity contribution in [2.45, 2.75) is 32.1 Å². The zero-order valence-electron chi connectivity index (χ0n) is 6.98. The Kier molecular flexibility index (Phi) is 4.08. The van der Waals surface area contributed by atoms with Crippen molar-refractivity contribution in [2.24, 2.45) is 5.16 Å². The molecule has 1 N–H and O–H groups in total. The minimum atomic E-state index is 0.0229. The van der Waals surface area contributed by atoms with Crippen LogP contribution in [0.1, 0.15) is 32.1 Å². The molecule has 0 heterocycles. The third-order valence-corrected chi connectivity index (χ3v) is 2.08. The highest BCUT2D eigenvalue weighted by Gasteiger charge is 2.07. The summed E-state index contributed by atoms with van der Waals surface area (Å²) in [5, 5.41) is 11.0. The van der Waals surface area contributed by atoms with Gasteiger partial charge in [-0.2, -0.15) is 0 Å². The molecule has 0 spiro atoms. The van der Waals surface area contributed by atoms with Crippen LogP contribution >= 0.6 is 11.6 Å². The van der Waals surface area contributed by atoms with E-state index in [1.165, 1.54) is 19.3 Å². The lowest BCUT2D eigenvalue weighted by Gasteiger charge is -2.10. The molecule has 0 radical (unpaired) electrons. The van der Waals surface area contributed by atoms with Crippen LogP contribution in [0.3, 0.4) is 0 Å². The molecule has 1 aliphatic carbocycles. The molecule has 0 aromatic rings. The van der Waals surface area contributed by atoms with Gasteiger partial charge in [0.15, 0.2) is 0 Å². The number of hydrogen-bond donors (Lipinski definition) is 1. The van der Waals surface area contributed by atoms with E-state index >= 15 is 0 Å². The Labute approximate surface area is 77.2 Å². The van der Waals surface area contributed by atoms with Gasteiger partial charge in [-0.05, 0) is 25.7 Å². The summed E-state index contributed by atoms with van der Waals surface area (Å²) in [5.74, 6) is 0.117. The molecule has 0 saturated heterocycles. The van der Waals surface area contributed by atoms with E-state index in [0.29, 0.717) is 0 Å². The fourth-order valence-corrected chi connectivity index (χ4v) is 1.24. The lowest BCUT2D eigenvalue weighted by molar-refractivity contribution is 0.318. The minimum Gasteiger partial charge on any atom is -0.341 e. The number of alkyl halides is 1. The molecule has 0 atom stereocenters. The largest absolute Gasteiger partial charge is 0.341 e. The normalized spacial score (nSPS) is 17.2. The van der Waals surface area contributed by atoms with Crippen LogP contribution in [-0.4, -0.2) is 17.5 Å². The number of oxime groups is 1. The van der Waals surface area contributed by atoms with Gasteiger partial charge in [0, 0.05) is 0 Å². The van der Waals surface area contributed by atoms with Gasteiger partial charge < -0.3 is 4.84 Å². The average Bonchev–Trinajstić information content (AvgIpc) is 2.16. The van der Waals surface area contributed by atoms with Crippen LogP contribution < -0.4 is 0 Å². The first kappa shape index (κ1) is 9.52. The first-order valence-corrected chi connectivity index (χ1v) is 4.72. The summed E-state index contributed by atoms with van der Waals surface area (Å²) in [6.45, 7) is 0. The highest BCUT2D eigenvalue weighted by atomic mass is 35.5. The molecule has 0 amide bonds. The molecule has 1 aliphatic rings. The topological polar surface area (TPSA) is 45.4 Å². The van der Waals surface area contributed by atoms with Crippen LogP contribution in [0.25, 0.3) is 0 Å². The van der Waals surface area contributed by atoms with E-state index in [1.807, 2.05) is 0 Å². The molecule has 12 heavy (non-hydrogen) atoms. The van der Waals surface area contributed by atoms with Gasteiger partial charge in [-0.25, -0.2) is 0 Å². The number of rotatable bonds is 2. The maximum atomic E-state index is 7.09. The molecule has 1 rings (SSSR count). The molecule has 4 heteroatoms. The van der Waals surface area contributed by atoms with Gasteiger partial charge >= 0.3 is 0 Å². The van der Waals surface area contributed by atoms with E-state index in [0.717, 1.165) is 18.6 Å². The Bertz CT molecular complexity index is 183. The zero-order chi connectivity index (χ0) is 8.81. The number of nitrogens with zero attached hydrogens (tertiary/aromatic N) is 1. The van der Waals surface area contributed by atoms with Crippen molar-refractivity contribution in [1.29, 1.82) is 5.41 Å². The van der Waals surface area contributed by atoms with Gasteiger partial charge in [0.25, 0.3) is 0 Å². The van der Waals surface area contributed by atoms with Crippen molar-refractivity contribution in [1.82, 2.24) is 0 Å². The quantitative estimate of drug-likeness (QED) is 0.308. The predicted octanol–water partition coefficient (Wildman–Crippen LogP) is 2.54. The number of halogens is 1. The van der Waals surface area contributed by atoms with Crippen LogP contribution in [0.2, 0.25) is 0 Å². The van der Waals surface area contributed by atoms with E-state index < -0.39 is 0 Å². The second kappa shape index (κ2) is 5.14. The smallest absolute Gasteiger partial charge is 0.232 e. The zero-order valence-corrected chi connectivity index (χ0v) is 7.73. The third kappa shape index (κ3) is 3.22. The molecule has 0 aromatic carbocycles. The van der Waals surface area contributed by atoms with Gasteiger partial charge in [0.05, 0.1) is 5.71 Å². The summed E-state index contributed by atoms with van der Waals surface area (Å²) >= 11 is 5.35. The fraction of sp³-hybridized carbons (Fsp3) is 0.750. The van der Waals surface area contributed by atoms with Crippen molar-refractivity contribution in [2.75, 3.05) is 5.88 Å². The Hall–Kier alpha value is -0.570. The van der Waals surface area contributed by atoms with Gasteiger partial charge in [-0.3, -0.25) is 5.41 Å². The monoisotopic (exact) mass is 188 g/mol. The predicted molar refractivity (Wildman–Crippen MR) is 50.1 cm³/mol. The van der Waals surface area contributed by atoms with Crippen molar-refractivity contribution >= 4 is 23.2 Å².